The van der Waals surface area contributed by atoms with E-state index < -0.39 is 30.2 Å². The molecule has 1 N–H and O–H groups in total. The summed E-state index contributed by atoms with van der Waals surface area (Å²) >= 11 is 6.15. The number of halogens is 1. The van der Waals surface area contributed by atoms with E-state index >= 15 is 0 Å². The van der Waals surface area contributed by atoms with Crippen LogP contribution in [0.5, 0.6) is 0 Å². The van der Waals surface area contributed by atoms with Gasteiger partial charge in [-0.1, -0.05) is 23.7 Å². The van der Waals surface area contributed by atoms with Gasteiger partial charge in [-0.05, 0) is 31.0 Å². The van der Waals surface area contributed by atoms with E-state index in [1.165, 1.54) is 7.11 Å². The minimum atomic E-state index is -0.916. The van der Waals surface area contributed by atoms with Gasteiger partial charge >= 0.3 is 0 Å². The Morgan fingerprint density at radius 1 is 1.27 bits per heavy atom. The second-order valence-corrected chi connectivity index (χ2v) is 6.07. The first-order valence-corrected chi connectivity index (χ1v) is 7.47. The van der Waals surface area contributed by atoms with Gasteiger partial charge in [0.25, 0.3) is 0 Å². The fourth-order valence-corrected chi connectivity index (χ4v) is 3.08. The summed E-state index contributed by atoms with van der Waals surface area (Å²) in [5.74, 6) is 0. The van der Waals surface area contributed by atoms with E-state index in [0.29, 0.717) is 10.6 Å². The fourth-order valence-electron chi connectivity index (χ4n) is 2.90. The third-order valence-electron chi connectivity index (χ3n) is 4.41. The van der Waals surface area contributed by atoms with E-state index in [2.05, 4.69) is 0 Å². The normalized spacial score (nSPS) is 33.1. The van der Waals surface area contributed by atoms with E-state index in [9.17, 15) is 5.11 Å². The van der Waals surface area contributed by atoms with Gasteiger partial charge in [0.1, 0.15) is 23.9 Å². The van der Waals surface area contributed by atoms with Crippen molar-refractivity contribution in [1.82, 2.24) is 0 Å². The van der Waals surface area contributed by atoms with Crippen molar-refractivity contribution in [3.8, 4) is 0 Å². The number of aliphatic hydroxyl groups excluding tert-OH is 1. The van der Waals surface area contributed by atoms with Crippen LogP contribution < -0.4 is 0 Å². The second kappa shape index (κ2) is 6.83. The molecule has 0 radical (unpaired) electrons. The highest BCUT2D eigenvalue weighted by atomic mass is 35.5. The molecule has 22 heavy (non-hydrogen) atoms. The van der Waals surface area contributed by atoms with Gasteiger partial charge in [-0.3, -0.25) is 0 Å². The molecule has 6 heteroatoms. The Bertz CT molecular complexity index is 523. The molecule has 124 valence electrons. The maximum Gasteiger partial charge on any atom is 0.186 e. The van der Waals surface area contributed by atoms with Gasteiger partial charge in [-0.15, -0.1) is 0 Å². The average molecular weight is 331 g/mol. The minimum Gasteiger partial charge on any atom is -0.386 e. The SMILES string of the molecule is CO[C@@H]1O[C@H]([C@H](O)c2ccc(C)c(Cl)c2)[C@@](C)(OC)[C@H]1OC. The van der Waals surface area contributed by atoms with Crippen LogP contribution in [0.2, 0.25) is 5.02 Å². The van der Waals surface area contributed by atoms with Crippen LogP contribution in [0.3, 0.4) is 0 Å². The lowest BCUT2D eigenvalue weighted by Gasteiger charge is -2.34. The first-order chi connectivity index (χ1) is 10.4. The number of aliphatic hydroxyl groups is 1. The molecule has 0 spiro atoms. The molecule has 1 aliphatic heterocycles. The van der Waals surface area contributed by atoms with Gasteiger partial charge in [0.15, 0.2) is 6.29 Å². The minimum absolute atomic E-state index is 0.455. The molecule has 0 aliphatic carbocycles. The van der Waals surface area contributed by atoms with Gasteiger partial charge in [-0.25, -0.2) is 0 Å². The molecular weight excluding hydrogens is 308 g/mol. The highest BCUT2D eigenvalue weighted by Crippen LogP contribution is 2.42. The lowest BCUT2D eigenvalue weighted by molar-refractivity contribution is -0.168. The zero-order chi connectivity index (χ0) is 16.5. The Hall–Kier alpha value is -0.690. The van der Waals surface area contributed by atoms with Crippen molar-refractivity contribution < 1.29 is 24.1 Å². The zero-order valence-electron chi connectivity index (χ0n) is 13.5. The molecule has 1 aromatic carbocycles. The number of hydrogen-bond donors (Lipinski definition) is 1. The summed E-state index contributed by atoms with van der Waals surface area (Å²) in [6, 6.07) is 5.43. The lowest BCUT2D eigenvalue weighted by atomic mass is 9.88. The fraction of sp³-hybridized carbons (Fsp3) is 0.625. The van der Waals surface area contributed by atoms with Gasteiger partial charge in [0.2, 0.25) is 0 Å². The smallest absolute Gasteiger partial charge is 0.186 e. The molecule has 1 aliphatic rings. The first-order valence-electron chi connectivity index (χ1n) is 7.09. The van der Waals surface area contributed by atoms with E-state index in [-0.39, 0.29) is 0 Å². The molecule has 0 unspecified atom stereocenters. The van der Waals surface area contributed by atoms with E-state index in [0.717, 1.165) is 5.56 Å². The van der Waals surface area contributed by atoms with Crippen molar-refractivity contribution in [3.63, 3.8) is 0 Å². The Morgan fingerprint density at radius 2 is 1.95 bits per heavy atom. The average Bonchev–Trinajstić information content (AvgIpc) is 2.81. The number of hydrogen-bond acceptors (Lipinski definition) is 5. The van der Waals surface area contributed by atoms with Gasteiger partial charge < -0.3 is 24.1 Å². The Kier molecular flexibility index (Phi) is 5.48. The standard InChI is InChI=1S/C16H23ClO5/c1-9-6-7-10(8-11(9)17)12(18)13-16(2,21-5)14(19-3)15(20-4)22-13/h6-8,12-15,18H,1-5H3/t12-,13-,14+,15-,16-/m1/s1. The van der Waals surface area contributed by atoms with E-state index in [1.807, 2.05) is 26.0 Å². The van der Waals surface area contributed by atoms with Crippen LogP contribution >= 0.6 is 11.6 Å². The quantitative estimate of drug-likeness (QED) is 0.898. The summed E-state index contributed by atoms with van der Waals surface area (Å²) in [5.41, 5.74) is 0.756. The number of ether oxygens (including phenoxy) is 4. The summed E-state index contributed by atoms with van der Waals surface area (Å²) in [6.07, 6.45) is -2.63. The predicted molar refractivity (Wildman–Crippen MR) is 83.0 cm³/mol. The number of benzene rings is 1. The maximum atomic E-state index is 10.8. The topological polar surface area (TPSA) is 57.2 Å². The molecule has 0 bridgehead atoms. The van der Waals surface area contributed by atoms with Crippen molar-refractivity contribution in [1.29, 1.82) is 0 Å². The third kappa shape index (κ3) is 2.89. The summed E-state index contributed by atoms with van der Waals surface area (Å²) in [5, 5.41) is 11.4. The molecule has 1 saturated heterocycles. The van der Waals surface area contributed by atoms with Crippen LogP contribution in [0.1, 0.15) is 24.2 Å². The second-order valence-electron chi connectivity index (χ2n) is 5.66. The highest BCUT2D eigenvalue weighted by Gasteiger charge is 2.57. The molecule has 0 saturated carbocycles. The molecule has 1 heterocycles. The molecule has 0 aromatic heterocycles. The number of aryl methyl sites for hydroxylation is 1. The summed E-state index contributed by atoms with van der Waals surface area (Å²) in [4.78, 5) is 0. The Labute approximate surface area is 136 Å². The maximum absolute atomic E-state index is 10.8. The molecule has 1 fully saturated rings. The van der Waals surface area contributed by atoms with Crippen molar-refractivity contribution >= 4 is 11.6 Å². The van der Waals surface area contributed by atoms with Crippen molar-refractivity contribution in [2.24, 2.45) is 0 Å². The van der Waals surface area contributed by atoms with Crippen LogP contribution in [-0.2, 0) is 18.9 Å². The first kappa shape index (κ1) is 17.7. The summed E-state index contributed by atoms with van der Waals surface area (Å²) in [6.45, 7) is 3.75. The van der Waals surface area contributed by atoms with E-state index in [1.54, 1.807) is 20.3 Å². The molecule has 2 rings (SSSR count). The predicted octanol–water partition coefficient (Wildman–Crippen LogP) is 2.47. The van der Waals surface area contributed by atoms with Gasteiger partial charge in [0.05, 0.1) is 0 Å². The molecular formula is C16H23ClO5. The zero-order valence-corrected chi connectivity index (χ0v) is 14.3. The lowest BCUT2D eigenvalue weighted by Crippen LogP contribution is -2.50. The van der Waals surface area contributed by atoms with Crippen LogP contribution in [0.25, 0.3) is 0 Å². The summed E-state index contributed by atoms with van der Waals surface area (Å²) < 4.78 is 22.2. The van der Waals surface area contributed by atoms with E-state index in [4.69, 9.17) is 30.5 Å². The monoisotopic (exact) mass is 330 g/mol. The summed E-state index contributed by atoms with van der Waals surface area (Å²) in [7, 11) is 4.66. The van der Waals surface area contributed by atoms with Crippen molar-refractivity contribution in [2.75, 3.05) is 21.3 Å². The highest BCUT2D eigenvalue weighted by molar-refractivity contribution is 6.31. The van der Waals surface area contributed by atoms with Crippen LogP contribution in [0.4, 0.5) is 0 Å². The molecule has 5 atom stereocenters. The third-order valence-corrected chi connectivity index (χ3v) is 4.82. The van der Waals surface area contributed by atoms with Gasteiger partial charge in [0, 0.05) is 26.4 Å². The molecule has 5 nitrogen and oxygen atoms in total. The van der Waals surface area contributed by atoms with Crippen LogP contribution in [-0.4, -0.2) is 50.5 Å². The largest absolute Gasteiger partial charge is 0.386 e. The van der Waals surface area contributed by atoms with Gasteiger partial charge in [-0.2, -0.15) is 0 Å². The van der Waals surface area contributed by atoms with Crippen LogP contribution in [0, 0.1) is 6.92 Å². The molecule has 1 aromatic rings. The molecule has 0 amide bonds. The van der Waals surface area contributed by atoms with Crippen molar-refractivity contribution in [3.05, 3.63) is 34.3 Å². The Balaban J connectivity index is 2.34. The van der Waals surface area contributed by atoms with Crippen molar-refractivity contribution in [2.45, 2.75) is 44.1 Å². The van der Waals surface area contributed by atoms with Crippen LogP contribution in [0.15, 0.2) is 18.2 Å². The Morgan fingerprint density at radius 3 is 2.45 bits per heavy atom. The number of rotatable bonds is 5. The number of methoxy groups -OCH3 is 3.